The number of anilines is 1. The Labute approximate surface area is 145 Å². The first-order valence-corrected chi connectivity index (χ1v) is 8.47. The zero-order chi connectivity index (χ0) is 17.3. The Morgan fingerprint density at radius 1 is 1.20 bits per heavy atom. The maximum Gasteiger partial charge on any atom is 0.339 e. The van der Waals surface area contributed by atoms with Gasteiger partial charge in [-0.25, -0.2) is 9.78 Å². The number of aromatic nitrogens is 1. The summed E-state index contributed by atoms with van der Waals surface area (Å²) in [5.41, 5.74) is 0.928. The summed E-state index contributed by atoms with van der Waals surface area (Å²) in [6, 6.07) is 11.0. The van der Waals surface area contributed by atoms with Gasteiger partial charge in [-0.2, -0.15) is 0 Å². The number of benzene rings is 1. The lowest BCUT2D eigenvalue weighted by Crippen LogP contribution is -2.46. The number of pyridine rings is 1. The van der Waals surface area contributed by atoms with E-state index in [4.69, 9.17) is 9.47 Å². The van der Waals surface area contributed by atoms with Crippen molar-refractivity contribution in [1.29, 1.82) is 0 Å². The fourth-order valence-electron chi connectivity index (χ4n) is 3.65. The lowest BCUT2D eigenvalue weighted by Gasteiger charge is -2.44. The van der Waals surface area contributed by atoms with Crippen LogP contribution in [0, 0.1) is 0 Å². The van der Waals surface area contributed by atoms with Crippen LogP contribution in [-0.2, 0) is 4.74 Å². The van der Waals surface area contributed by atoms with E-state index in [2.05, 4.69) is 10.3 Å². The van der Waals surface area contributed by atoms with Gasteiger partial charge in [-0.15, -0.1) is 0 Å². The third kappa shape index (κ3) is 3.05. The molecule has 2 aliphatic rings. The van der Waals surface area contributed by atoms with Crippen LogP contribution >= 0.6 is 0 Å². The van der Waals surface area contributed by atoms with Crippen molar-refractivity contribution < 1.29 is 19.4 Å². The Balaban J connectivity index is 1.69. The minimum Gasteiger partial charge on any atom is -0.487 e. The number of carboxylic acid groups (broad SMARTS) is 1. The second-order valence-electron chi connectivity index (χ2n) is 6.54. The van der Waals surface area contributed by atoms with E-state index in [9.17, 15) is 9.90 Å². The molecule has 1 spiro atoms. The van der Waals surface area contributed by atoms with Crippen LogP contribution in [0.15, 0.2) is 42.6 Å². The van der Waals surface area contributed by atoms with E-state index in [1.54, 1.807) is 18.3 Å². The average Bonchev–Trinajstić information content (AvgIpc) is 2.62. The molecule has 1 saturated heterocycles. The fraction of sp³-hybridized carbons (Fsp3) is 0.368. The molecule has 25 heavy (non-hydrogen) atoms. The van der Waals surface area contributed by atoms with Crippen molar-refractivity contribution in [2.45, 2.75) is 30.9 Å². The number of ether oxygens (including phenoxy) is 2. The van der Waals surface area contributed by atoms with Crippen molar-refractivity contribution in [1.82, 2.24) is 4.98 Å². The number of para-hydroxylation sites is 1. The lowest BCUT2D eigenvalue weighted by molar-refractivity contribution is -0.0608. The van der Waals surface area contributed by atoms with Crippen molar-refractivity contribution in [3.8, 4) is 5.75 Å². The highest BCUT2D eigenvalue weighted by molar-refractivity contribution is 5.93. The van der Waals surface area contributed by atoms with E-state index in [0.717, 1.165) is 30.6 Å². The van der Waals surface area contributed by atoms with E-state index in [-0.39, 0.29) is 17.2 Å². The number of carbonyl (C=O) groups is 1. The predicted octanol–water partition coefficient (Wildman–Crippen LogP) is 3.26. The standard InChI is InChI=1S/C19H20N2O4/c22-18(23)14-5-3-9-20-17(14)21-15-12-19(7-10-24-11-8-19)25-16-6-2-1-4-13(15)16/h1-6,9,15H,7-8,10-12H2,(H,20,21)(H,22,23). The van der Waals surface area contributed by atoms with E-state index in [1.165, 1.54) is 0 Å². The molecule has 6 nitrogen and oxygen atoms in total. The molecule has 1 unspecified atom stereocenters. The summed E-state index contributed by atoms with van der Waals surface area (Å²) in [6.07, 6.45) is 4.01. The maximum atomic E-state index is 11.5. The summed E-state index contributed by atoms with van der Waals surface area (Å²) in [4.78, 5) is 15.7. The quantitative estimate of drug-likeness (QED) is 0.893. The van der Waals surface area contributed by atoms with Crippen LogP contribution in [0.4, 0.5) is 5.82 Å². The molecule has 2 aliphatic heterocycles. The van der Waals surface area contributed by atoms with Crippen molar-refractivity contribution in [2.24, 2.45) is 0 Å². The summed E-state index contributed by atoms with van der Waals surface area (Å²) >= 11 is 0. The van der Waals surface area contributed by atoms with Gasteiger partial charge in [0.2, 0.25) is 0 Å². The molecule has 1 atom stereocenters. The number of nitrogens with zero attached hydrogens (tertiary/aromatic N) is 1. The number of rotatable bonds is 3. The molecule has 1 aromatic carbocycles. The molecule has 0 amide bonds. The highest BCUT2D eigenvalue weighted by atomic mass is 16.5. The molecule has 0 bridgehead atoms. The first-order valence-electron chi connectivity index (χ1n) is 8.47. The second kappa shape index (κ2) is 6.37. The molecule has 0 aliphatic carbocycles. The first kappa shape index (κ1) is 15.9. The van der Waals surface area contributed by atoms with E-state index < -0.39 is 5.97 Å². The van der Waals surface area contributed by atoms with Crippen molar-refractivity contribution in [3.05, 3.63) is 53.7 Å². The van der Waals surface area contributed by atoms with Gasteiger partial charge >= 0.3 is 5.97 Å². The van der Waals surface area contributed by atoms with Crippen LogP contribution in [0.1, 0.15) is 41.2 Å². The van der Waals surface area contributed by atoms with Gasteiger partial charge in [-0.3, -0.25) is 0 Å². The third-order valence-electron chi connectivity index (χ3n) is 4.95. The van der Waals surface area contributed by atoms with Crippen molar-refractivity contribution in [2.75, 3.05) is 18.5 Å². The van der Waals surface area contributed by atoms with E-state index in [1.807, 2.05) is 24.3 Å². The molecule has 2 N–H and O–H groups in total. The zero-order valence-electron chi connectivity index (χ0n) is 13.8. The largest absolute Gasteiger partial charge is 0.487 e. The summed E-state index contributed by atoms with van der Waals surface area (Å²) in [5.74, 6) is 0.247. The molecule has 3 heterocycles. The molecular formula is C19H20N2O4. The number of hydrogen-bond donors (Lipinski definition) is 2. The van der Waals surface area contributed by atoms with Crippen molar-refractivity contribution >= 4 is 11.8 Å². The molecule has 6 heteroatoms. The SMILES string of the molecule is O=C(O)c1cccnc1NC1CC2(CCOCC2)Oc2ccccc21. The number of nitrogens with one attached hydrogen (secondary N) is 1. The van der Waals surface area contributed by atoms with Crippen LogP contribution in [0.25, 0.3) is 0 Å². The van der Waals surface area contributed by atoms with Gasteiger partial charge in [-0.05, 0) is 18.2 Å². The highest BCUT2D eigenvalue weighted by Gasteiger charge is 2.42. The Bertz CT molecular complexity index is 786. The van der Waals surface area contributed by atoms with Gasteiger partial charge in [0.25, 0.3) is 0 Å². The van der Waals surface area contributed by atoms with Gasteiger partial charge in [-0.1, -0.05) is 18.2 Å². The molecular weight excluding hydrogens is 320 g/mol. The maximum absolute atomic E-state index is 11.5. The topological polar surface area (TPSA) is 80.7 Å². The van der Waals surface area contributed by atoms with Crippen LogP contribution in [0.5, 0.6) is 5.75 Å². The number of fused-ring (bicyclic) bond motifs is 1. The van der Waals surface area contributed by atoms with Gasteiger partial charge in [0.05, 0.1) is 19.3 Å². The van der Waals surface area contributed by atoms with Gasteiger partial charge in [0, 0.05) is 31.0 Å². The number of aromatic carboxylic acids is 1. The predicted molar refractivity (Wildman–Crippen MR) is 92.0 cm³/mol. The Hall–Kier alpha value is -2.60. The first-order chi connectivity index (χ1) is 12.2. The van der Waals surface area contributed by atoms with Gasteiger partial charge < -0.3 is 19.9 Å². The minimum atomic E-state index is -0.989. The summed E-state index contributed by atoms with van der Waals surface area (Å²) in [6.45, 7) is 1.36. The monoisotopic (exact) mass is 340 g/mol. The van der Waals surface area contributed by atoms with Crippen molar-refractivity contribution in [3.63, 3.8) is 0 Å². The Morgan fingerprint density at radius 3 is 2.80 bits per heavy atom. The smallest absolute Gasteiger partial charge is 0.339 e. The van der Waals surface area contributed by atoms with Crippen LogP contribution < -0.4 is 10.1 Å². The van der Waals surface area contributed by atoms with E-state index >= 15 is 0 Å². The van der Waals surface area contributed by atoms with Gasteiger partial charge in [0.1, 0.15) is 22.7 Å². The summed E-state index contributed by atoms with van der Waals surface area (Å²) in [7, 11) is 0. The average molecular weight is 340 g/mol. The molecule has 0 radical (unpaired) electrons. The Kier molecular flexibility index (Phi) is 4.05. The van der Waals surface area contributed by atoms with E-state index in [0.29, 0.717) is 19.0 Å². The number of hydrogen-bond acceptors (Lipinski definition) is 5. The summed E-state index contributed by atoms with van der Waals surface area (Å²) in [5, 5.41) is 12.8. The van der Waals surface area contributed by atoms with Crippen LogP contribution in [-0.4, -0.2) is 34.9 Å². The molecule has 0 saturated carbocycles. The molecule has 130 valence electrons. The fourth-order valence-corrected chi connectivity index (χ4v) is 3.65. The molecule has 1 aromatic heterocycles. The highest BCUT2D eigenvalue weighted by Crippen LogP contribution is 2.45. The Morgan fingerprint density at radius 2 is 2.00 bits per heavy atom. The molecule has 2 aromatic rings. The zero-order valence-corrected chi connectivity index (χ0v) is 13.8. The minimum absolute atomic E-state index is 0.0592. The molecule has 4 rings (SSSR count). The summed E-state index contributed by atoms with van der Waals surface area (Å²) < 4.78 is 11.8. The normalized spacial score (nSPS) is 21.2. The second-order valence-corrected chi connectivity index (χ2v) is 6.54. The molecule has 1 fully saturated rings. The van der Waals surface area contributed by atoms with Crippen LogP contribution in [0.3, 0.4) is 0 Å². The van der Waals surface area contributed by atoms with Crippen LogP contribution in [0.2, 0.25) is 0 Å². The number of carboxylic acids is 1. The van der Waals surface area contributed by atoms with Gasteiger partial charge in [0.15, 0.2) is 0 Å². The lowest BCUT2D eigenvalue weighted by atomic mass is 9.82. The third-order valence-corrected chi connectivity index (χ3v) is 4.95.